The topological polar surface area (TPSA) is 110 Å². The van der Waals surface area contributed by atoms with Crippen LogP contribution in [0.25, 0.3) is 0 Å². The quantitative estimate of drug-likeness (QED) is 0.341. The Hall–Kier alpha value is -2.97. The Morgan fingerprint density at radius 2 is 1.83 bits per heavy atom. The van der Waals surface area contributed by atoms with Gasteiger partial charge in [-0.25, -0.2) is 0 Å². The molecular weight excluding hydrogens is 390 g/mol. The van der Waals surface area contributed by atoms with E-state index in [-0.39, 0.29) is 37.0 Å². The Morgan fingerprint density at radius 1 is 1.20 bits per heavy atom. The maximum absolute atomic E-state index is 12.3. The second-order valence-corrected chi connectivity index (χ2v) is 8.11. The number of anilines is 1. The molecular formula is C21H29N3O6. The summed E-state index contributed by atoms with van der Waals surface area (Å²) in [6.45, 7) is 1.37. The van der Waals surface area contributed by atoms with E-state index in [4.69, 9.17) is 4.74 Å². The number of ether oxygens (including phenoxy) is 1. The van der Waals surface area contributed by atoms with Crippen LogP contribution in [-0.4, -0.2) is 61.8 Å². The highest BCUT2D eigenvalue weighted by atomic mass is 16.6. The van der Waals surface area contributed by atoms with Gasteiger partial charge < -0.3 is 14.5 Å². The molecule has 1 amide bonds. The molecule has 1 saturated carbocycles. The van der Waals surface area contributed by atoms with Crippen molar-refractivity contribution in [2.75, 3.05) is 39.2 Å². The molecule has 9 nitrogen and oxygen atoms in total. The summed E-state index contributed by atoms with van der Waals surface area (Å²) < 4.78 is 5.05. The van der Waals surface area contributed by atoms with Gasteiger partial charge in [-0.05, 0) is 23.6 Å². The number of benzene rings is 1. The first-order chi connectivity index (χ1) is 14.1. The molecule has 1 aromatic carbocycles. The number of amides is 1. The minimum atomic E-state index is -0.721. The average molecular weight is 419 g/mol. The van der Waals surface area contributed by atoms with E-state index in [0.717, 1.165) is 11.3 Å². The van der Waals surface area contributed by atoms with E-state index in [1.54, 1.807) is 14.0 Å². The Balaban J connectivity index is 1.83. The van der Waals surface area contributed by atoms with Gasteiger partial charge in [-0.3, -0.25) is 24.5 Å². The Labute approximate surface area is 176 Å². The number of carbonyl (C=O) groups excluding carboxylic acids is 3. The summed E-state index contributed by atoms with van der Waals surface area (Å²) in [5, 5.41) is 10.9. The van der Waals surface area contributed by atoms with Crippen LogP contribution in [-0.2, 0) is 25.7 Å². The number of Topliss-reactive ketones (excluding diaryl/α,β-unsaturated/α-hetero) is 1. The van der Waals surface area contributed by atoms with Crippen molar-refractivity contribution in [2.24, 2.45) is 17.8 Å². The smallest absolute Gasteiger partial charge is 0.307 e. The third kappa shape index (κ3) is 6.27. The summed E-state index contributed by atoms with van der Waals surface area (Å²) in [5.41, 5.74) is 1.99. The molecule has 3 atom stereocenters. The van der Waals surface area contributed by atoms with Gasteiger partial charge in [-0.15, -0.1) is 0 Å². The molecule has 0 aliphatic heterocycles. The summed E-state index contributed by atoms with van der Waals surface area (Å²) in [7, 11) is 5.50. The van der Waals surface area contributed by atoms with Crippen molar-refractivity contribution in [1.82, 2.24) is 4.90 Å². The normalized spacial score (nSPS) is 20.7. The van der Waals surface area contributed by atoms with Gasteiger partial charge in [-0.1, -0.05) is 19.1 Å². The highest BCUT2D eigenvalue weighted by Gasteiger charge is 2.44. The number of carbonyl (C=O) groups is 3. The van der Waals surface area contributed by atoms with Gasteiger partial charge in [0.1, 0.15) is 5.78 Å². The largest absolute Gasteiger partial charge is 0.456 e. The molecule has 0 heterocycles. The zero-order valence-corrected chi connectivity index (χ0v) is 17.9. The van der Waals surface area contributed by atoms with Gasteiger partial charge in [-0.2, -0.15) is 0 Å². The van der Waals surface area contributed by atoms with Crippen molar-refractivity contribution in [3.8, 4) is 0 Å². The lowest BCUT2D eigenvalue weighted by Crippen LogP contribution is -2.32. The van der Waals surface area contributed by atoms with E-state index in [9.17, 15) is 24.5 Å². The number of esters is 1. The van der Waals surface area contributed by atoms with Crippen LogP contribution in [0.2, 0.25) is 0 Å². The molecule has 30 heavy (non-hydrogen) atoms. The predicted molar refractivity (Wildman–Crippen MR) is 110 cm³/mol. The molecule has 0 aromatic heterocycles. The SMILES string of the molecule is C[C@H]1CC(=O)[C@@H](CC(=O)OCC(=O)N(C)Cc2ccc(N(C)C)cc2)[C@@H]1C[N+](=O)[O-]. The van der Waals surface area contributed by atoms with Gasteiger partial charge >= 0.3 is 5.97 Å². The fourth-order valence-corrected chi connectivity index (χ4v) is 3.75. The van der Waals surface area contributed by atoms with Crippen LogP contribution < -0.4 is 4.90 Å². The standard InChI is InChI=1S/C21H29N3O6/c1-14-9-19(25)17(18(14)12-24(28)29)10-21(27)30-13-20(26)23(4)11-15-5-7-16(8-6-15)22(2)3/h5-8,14,17-18H,9-13H2,1-4H3/t14-,17-,18+/m0/s1. The molecule has 2 rings (SSSR count). The van der Waals surface area contributed by atoms with E-state index in [1.165, 1.54) is 4.90 Å². The molecule has 0 unspecified atom stereocenters. The fraction of sp³-hybridized carbons (Fsp3) is 0.571. The molecule has 0 N–H and O–H groups in total. The second kappa shape index (κ2) is 10.2. The fourth-order valence-electron chi connectivity index (χ4n) is 3.75. The first kappa shape index (κ1) is 23.3. The van der Waals surface area contributed by atoms with Crippen LogP contribution in [0.3, 0.4) is 0 Å². The van der Waals surface area contributed by atoms with E-state index in [2.05, 4.69) is 0 Å². The highest BCUT2D eigenvalue weighted by molar-refractivity contribution is 5.88. The molecule has 9 heteroatoms. The summed E-state index contributed by atoms with van der Waals surface area (Å²) in [6, 6.07) is 7.75. The highest BCUT2D eigenvalue weighted by Crippen LogP contribution is 2.36. The monoisotopic (exact) mass is 419 g/mol. The molecule has 1 fully saturated rings. The number of rotatable bonds is 9. The van der Waals surface area contributed by atoms with Gasteiger partial charge in [0.05, 0.1) is 6.42 Å². The lowest BCUT2D eigenvalue weighted by Gasteiger charge is -2.19. The van der Waals surface area contributed by atoms with Crippen molar-refractivity contribution in [1.29, 1.82) is 0 Å². The van der Waals surface area contributed by atoms with Crippen molar-refractivity contribution in [2.45, 2.75) is 26.3 Å². The van der Waals surface area contributed by atoms with Crippen molar-refractivity contribution in [3.05, 3.63) is 39.9 Å². The van der Waals surface area contributed by atoms with Crippen molar-refractivity contribution in [3.63, 3.8) is 0 Å². The van der Waals surface area contributed by atoms with E-state index in [0.29, 0.717) is 6.54 Å². The first-order valence-corrected chi connectivity index (χ1v) is 9.88. The summed E-state index contributed by atoms with van der Waals surface area (Å²) in [5.74, 6) is -2.56. The van der Waals surface area contributed by atoms with Crippen molar-refractivity contribution < 1.29 is 24.0 Å². The molecule has 164 valence electrons. The maximum atomic E-state index is 12.3. The zero-order chi connectivity index (χ0) is 22.4. The molecule has 1 aliphatic carbocycles. The summed E-state index contributed by atoms with van der Waals surface area (Å²) >= 11 is 0. The lowest BCUT2D eigenvalue weighted by atomic mass is 9.88. The maximum Gasteiger partial charge on any atom is 0.307 e. The second-order valence-electron chi connectivity index (χ2n) is 8.11. The Kier molecular flexibility index (Phi) is 7.91. The molecule has 0 saturated heterocycles. The van der Waals surface area contributed by atoms with Crippen LogP contribution >= 0.6 is 0 Å². The van der Waals surface area contributed by atoms with Gasteiger partial charge in [0.15, 0.2) is 6.61 Å². The van der Waals surface area contributed by atoms with E-state index < -0.39 is 29.3 Å². The van der Waals surface area contributed by atoms with Gasteiger partial charge in [0.25, 0.3) is 5.91 Å². The number of hydrogen-bond donors (Lipinski definition) is 0. The molecule has 1 aliphatic rings. The number of likely N-dealkylation sites (N-methyl/N-ethyl adjacent to an activating group) is 1. The summed E-state index contributed by atoms with van der Waals surface area (Å²) in [4.78, 5) is 50.4. The zero-order valence-electron chi connectivity index (χ0n) is 17.9. The minimum Gasteiger partial charge on any atom is -0.456 e. The van der Waals surface area contributed by atoms with Crippen molar-refractivity contribution >= 4 is 23.3 Å². The van der Waals surface area contributed by atoms with E-state index >= 15 is 0 Å². The molecule has 0 radical (unpaired) electrons. The first-order valence-electron chi connectivity index (χ1n) is 9.88. The van der Waals surface area contributed by atoms with Crippen LogP contribution in [0.5, 0.6) is 0 Å². The van der Waals surface area contributed by atoms with Crippen LogP contribution in [0.4, 0.5) is 5.69 Å². The molecule has 0 spiro atoms. The Bertz CT molecular complexity index is 792. The third-order valence-corrected chi connectivity index (χ3v) is 5.59. The third-order valence-electron chi connectivity index (χ3n) is 5.59. The van der Waals surface area contributed by atoms with Crippen LogP contribution in [0.15, 0.2) is 24.3 Å². The van der Waals surface area contributed by atoms with Crippen LogP contribution in [0, 0.1) is 27.9 Å². The molecule has 0 bridgehead atoms. The number of nitrogens with zero attached hydrogens (tertiary/aromatic N) is 3. The number of ketones is 1. The predicted octanol–water partition coefficient (Wildman–Crippen LogP) is 1.76. The summed E-state index contributed by atoms with van der Waals surface area (Å²) in [6.07, 6.45) is -0.00456. The van der Waals surface area contributed by atoms with Crippen LogP contribution in [0.1, 0.15) is 25.3 Å². The minimum absolute atomic E-state index is 0.146. The lowest BCUT2D eigenvalue weighted by molar-refractivity contribution is -0.490. The van der Waals surface area contributed by atoms with E-state index in [1.807, 2.05) is 43.3 Å². The van der Waals surface area contributed by atoms with Gasteiger partial charge in [0.2, 0.25) is 6.54 Å². The number of nitro groups is 1. The number of hydrogen-bond acceptors (Lipinski definition) is 7. The Morgan fingerprint density at radius 3 is 2.40 bits per heavy atom. The molecule has 1 aromatic rings. The average Bonchev–Trinajstić information content (AvgIpc) is 2.92. The van der Waals surface area contributed by atoms with Gasteiger partial charge in [0, 0.05) is 56.6 Å².